The Hall–Kier alpha value is -0.287. The van der Waals surface area contributed by atoms with E-state index in [0.29, 0.717) is 11.0 Å². The van der Waals surface area contributed by atoms with Gasteiger partial charge in [0.15, 0.2) is 0 Å². The molecule has 3 rings (SSSR count). The second-order valence-electron chi connectivity index (χ2n) is 5.86. The van der Waals surface area contributed by atoms with Crippen molar-refractivity contribution in [3.8, 4) is 6.01 Å². The number of para-hydroxylation sites is 1. The maximum absolute atomic E-state index is 12.4. The van der Waals surface area contributed by atoms with Gasteiger partial charge in [0.25, 0.3) is 0 Å². The number of nitrogens with zero attached hydrogens (tertiary/aromatic N) is 7. The van der Waals surface area contributed by atoms with E-state index < -0.39 is 0 Å². The molecule has 0 fully saturated rings. The number of aromatic nitrogens is 5. The molecule has 124 valence electrons. The van der Waals surface area contributed by atoms with Crippen LogP contribution in [0, 0.1) is 43.2 Å². The number of amides is 2. The number of carbonyl (C=O) groups excluding carboxylic acids is 2. The molecule has 0 aliphatic heterocycles. The van der Waals surface area contributed by atoms with E-state index in [9.17, 15) is 9.59 Å². The van der Waals surface area contributed by atoms with Crippen molar-refractivity contribution in [1.82, 2.24) is 24.2 Å². The van der Waals surface area contributed by atoms with E-state index in [1.165, 1.54) is 11.0 Å². The van der Waals surface area contributed by atoms with Gasteiger partial charge in [0.2, 0.25) is 0 Å². The third-order valence-corrected chi connectivity index (χ3v) is 6.11. The van der Waals surface area contributed by atoms with Gasteiger partial charge >= 0.3 is 223 Å². The number of benzene rings is 1. The van der Waals surface area contributed by atoms with Crippen molar-refractivity contribution in [1.29, 1.82) is 0 Å². The van der Waals surface area contributed by atoms with Crippen LogP contribution in [-0.2, 0) is 0 Å². The molecule has 12 heteroatoms. The Morgan fingerprint density at radius 3 is 2.46 bits per heavy atom. The van der Waals surface area contributed by atoms with Crippen LogP contribution in [0.1, 0.15) is 21.0 Å². The zero-order valence-electron chi connectivity index (χ0n) is 14.7. The Morgan fingerprint density at radius 1 is 1.15 bits per heavy atom. The summed E-state index contributed by atoms with van der Waals surface area (Å²) in [6, 6.07) is 8.49. The Bertz CT molecular complexity index is 953. The fraction of sp³-hybridized carbons (Fsp3) is 0.143. The fourth-order valence-corrected chi connectivity index (χ4v) is 3.64. The molecule has 0 aliphatic carbocycles. The summed E-state index contributed by atoms with van der Waals surface area (Å²) in [4.78, 5) is 41.1. The Kier molecular flexibility index (Phi) is 6.93. The van der Waals surface area contributed by atoms with Gasteiger partial charge in [-0.15, -0.1) is 0 Å². The van der Waals surface area contributed by atoms with Crippen LogP contribution in [0.2, 0.25) is 0 Å². The zero-order valence-corrected chi connectivity index (χ0v) is 27.9. The number of fused-ring (bicyclic) bond motifs is 1. The summed E-state index contributed by atoms with van der Waals surface area (Å²) in [5.74, 6) is -0.531. The average molecular weight is 638 g/mol. The SMILES string of the molecule is CN(C)C(=O)c1cc(C(=O)[N]([Rb])[RaH])nc(On2nnc3ccccc32)n1. The second kappa shape index (κ2) is 8.81. The molecule has 0 atom stereocenters. The van der Waals surface area contributed by atoms with Gasteiger partial charge in [0, 0.05) is 0 Å². The molecule has 0 radical (unpaired) electrons. The van der Waals surface area contributed by atoms with Crippen molar-refractivity contribution in [3.63, 3.8) is 0 Å². The monoisotopic (exact) mass is 637 g/mol. The predicted molar refractivity (Wildman–Crippen MR) is 86.9 cm³/mol. The molecule has 10 nitrogen and oxygen atoms in total. The average Bonchev–Trinajstić information content (AvgIpc) is 3.03. The van der Waals surface area contributed by atoms with Crippen LogP contribution in [0.15, 0.2) is 30.3 Å². The molecule has 0 saturated heterocycles. The third kappa shape index (κ3) is 4.57. The molecule has 2 aromatic heterocycles. The van der Waals surface area contributed by atoms with E-state index in [0.717, 1.165) is 4.85 Å². The van der Waals surface area contributed by atoms with Gasteiger partial charge in [-0.1, -0.05) is 0 Å². The third-order valence-electron chi connectivity index (χ3n) is 3.45. The molecule has 26 heavy (non-hydrogen) atoms. The summed E-state index contributed by atoms with van der Waals surface area (Å²) in [6.45, 7) is 0. The van der Waals surface area contributed by atoms with E-state index in [-0.39, 0.29) is 128 Å². The first-order valence-corrected chi connectivity index (χ1v) is 13.6. The molecule has 2 heterocycles. The van der Waals surface area contributed by atoms with Crippen LogP contribution < -0.4 is 4.84 Å². The molecule has 1 aromatic carbocycles. The van der Waals surface area contributed by atoms with Crippen molar-refractivity contribution in [2.45, 2.75) is 0 Å². The van der Waals surface area contributed by atoms with Crippen LogP contribution >= 0.6 is 0 Å². The fourth-order valence-electron chi connectivity index (χ4n) is 2.14. The first kappa shape index (κ1) is 20.4. The van der Waals surface area contributed by atoms with E-state index in [1.54, 1.807) is 20.4 Å². The van der Waals surface area contributed by atoms with Gasteiger partial charge in [0.1, 0.15) is 0 Å². The minimum atomic E-state index is -0.345. The molecule has 0 bridgehead atoms. The summed E-state index contributed by atoms with van der Waals surface area (Å²) in [5, 5.41) is 7.89. The van der Waals surface area contributed by atoms with Gasteiger partial charge < -0.3 is 0 Å². The number of carbonyl (C=O) groups is 2. The number of rotatable bonds is 4. The van der Waals surface area contributed by atoms with E-state index in [4.69, 9.17) is 4.84 Å². The summed E-state index contributed by atoms with van der Waals surface area (Å²) in [5.41, 5.74) is 1.49. The number of hydrogen-bond acceptors (Lipinski definition) is 7. The van der Waals surface area contributed by atoms with Crippen molar-refractivity contribution >= 4 is 78.9 Å². The first-order valence-electron chi connectivity index (χ1n) is 7.68. The standard InChI is InChI=1S/C14H11N7O3.Ra.Rb.H/c1-20(2)13(23)10-7-9(12(15)22)16-14(17-10)24-21-11-6-4-3-5-8(11)18-19-21;;;/h3-7H,1-2H3;;;. The van der Waals surface area contributed by atoms with Gasteiger partial charge in [-0.2, -0.15) is 0 Å². The van der Waals surface area contributed by atoms with E-state index >= 15 is 0 Å². The summed E-state index contributed by atoms with van der Waals surface area (Å²) >= 11 is -0.0491. The first-order chi connectivity index (χ1) is 12.4. The van der Waals surface area contributed by atoms with Crippen LogP contribution in [0.5, 0.6) is 6.01 Å². The Labute approximate surface area is 218 Å². The van der Waals surface area contributed by atoms with E-state index in [1.807, 2.05) is 12.1 Å². The van der Waals surface area contributed by atoms with Crippen molar-refractivity contribution in [3.05, 3.63) is 41.7 Å². The van der Waals surface area contributed by atoms with Crippen molar-refractivity contribution in [2.75, 3.05) is 14.1 Å². The van der Waals surface area contributed by atoms with Crippen LogP contribution in [0.4, 0.5) is 0 Å². The van der Waals surface area contributed by atoms with Crippen molar-refractivity contribution < 1.29 is 57.6 Å². The van der Waals surface area contributed by atoms with E-state index in [2.05, 4.69) is 20.3 Å². The second-order valence-corrected chi connectivity index (χ2v) is 32.7. The molecule has 0 aliphatic rings. The normalized spacial score (nSPS) is 10.6. The summed E-state index contributed by atoms with van der Waals surface area (Å²) < 4.78 is 1.79. The summed E-state index contributed by atoms with van der Waals surface area (Å²) in [7, 11) is 3.22. The number of hydrogen-bond donors (Lipinski definition) is 0. The molecule has 0 saturated carbocycles. The van der Waals surface area contributed by atoms with Crippen LogP contribution in [0.25, 0.3) is 11.0 Å². The van der Waals surface area contributed by atoms with Crippen LogP contribution in [0.3, 0.4) is 0 Å². The minimum absolute atomic E-state index is 0.0560. The molecular weight excluding hydrogens is 626 g/mol. The molecular formula is C14H12N7O3RaRb. The zero-order chi connectivity index (χ0) is 18.8. The van der Waals surface area contributed by atoms with Crippen LogP contribution in [-0.4, -0.2) is 106 Å². The van der Waals surface area contributed by atoms with Crippen molar-refractivity contribution in [2.24, 2.45) is 0 Å². The van der Waals surface area contributed by atoms with Gasteiger partial charge in [-0.3, -0.25) is 0 Å². The van der Waals surface area contributed by atoms with Gasteiger partial charge in [-0.25, -0.2) is 0 Å². The molecule has 0 N–H and O–H groups in total. The quantitative estimate of drug-likeness (QED) is 0.380. The maximum atomic E-state index is 12.4. The molecule has 3 aromatic rings. The Morgan fingerprint density at radius 2 is 1.81 bits per heavy atom. The van der Waals surface area contributed by atoms with Gasteiger partial charge in [-0.05, 0) is 0 Å². The van der Waals surface area contributed by atoms with Gasteiger partial charge in [0.05, 0.1) is 0 Å². The Balaban J connectivity index is 2.05. The molecule has 2 amide bonds. The topological polar surface area (TPSA) is 106 Å². The predicted octanol–water partition coefficient (Wildman–Crippen LogP) is -0.513. The molecule has 0 unspecified atom stereocenters. The summed E-state index contributed by atoms with van der Waals surface area (Å²) in [6.07, 6.45) is 0. The molecule has 0 spiro atoms.